The molecule has 2 aromatic carbocycles. The third-order valence-electron chi connectivity index (χ3n) is 3.86. The highest BCUT2D eigenvalue weighted by molar-refractivity contribution is 6.30. The molecule has 7 nitrogen and oxygen atoms in total. The van der Waals surface area contributed by atoms with Crippen molar-refractivity contribution >= 4 is 40.8 Å². The molecule has 8 heteroatoms. The van der Waals surface area contributed by atoms with E-state index in [-0.39, 0.29) is 30.9 Å². The molecule has 0 spiro atoms. The summed E-state index contributed by atoms with van der Waals surface area (Å²) in [5.74, 6) is -0.368. The highest BCUT2D eigenvalue weighted by Crippen LogP contribution is 2.18. The molecule has 154 valence electrons. The van der Waals surface area contributed by atoms with Gasteiger partial charge in [-0.25, -0.2) is 4.79 Å². The van der Waals surface area contributed by atoms with Crippen LogP contribution in [0.1, 0.15) is 31.1 Å². The van der Waals surface area contributed by atoms with Gasteiger partial charge < -0.3 is 21.3 Å². The van der Waals surface area contributed by atoms with Crippen LogP contribution in [-0.4, -0.2) is 30.9 Å². The molecule has 4 amide bonds. The second-order valence-corrected chi connectivity index (χ2v) is 7.87. The molecule has 0 radical (unpaired) electrons. The maximum Gasteiger partial charge on any atom is 0.319 e. The van der Waals surface area contributed by atoms with Crippen molar-refractivity contribution in [2.75, 3.05) is 23.7 Å². The number of nitrogens with one attached hydrogen (secondary N) is 4. The van der Waals surface area contributed by atoms with Crippen LogP contribution in [0.4, 0.5) is 16.2 Å². The molecule has 0 saturated carbocycles. The average molecular weight is 417 g/mol. The molecule has 4 N–H and O–H groups in total. The number of hydrogen-bond donors (Lipinski definition) is 4. The Morgan fingerprint density at radius 1 is 0.862 bits per heavy atom. The summed E-state index contributed by atoms with van der Waals surface area (Å²) in [5, 5.41) is 11.4. The molecule has 0 aliphatic carbocycles. The Morgan fingerprint density at radius 3 is 2.14 bits per heavy atom. The van der Waals surface area contributed by atoms with Gasteiger partial charge in [-0.05, 0) is 42.5 Å². The van der Waals surface area contributed by atoms with Crippen LogP contribution >= 0.6 is 11.6 Å². The number of carbonyl (C=O) groups is 3. The molecule has 0 bridgehead atoms. The lowest BCUT2D eigenvalue weighted by molar-refractivity contribution is -0.123. The van der Waals surface area contributed by atoms with Gasteiger partial charge in [-0.15, -0.1) is 0 Å². The molecule has 0 fully saturated rings. The monoisotopic (exact) mass is 416 g/mol. The van der Waals surface area contributed by atoms with E-state index in [1.165, 1.54) is 0 Å². The molecule has 0 heterocycles. The molecule has 2 aromatic rings. The van der Waals surface area contributed by atoms with Gasteiger partial charge in [-0.1, -0.05) is 38.4 Å². The largest absolute Gasteiger partial charge is 0.350 e. The Morgan fingerprint density at radius 2 is 1.52 bits per heavy atom. The predicted octanol–water partition coefficient (Wildman–Crippen LogP) is 3.88. The summed E-state index contributed by atoms with van der Waals surface area (Å²) in [6.45, 7) is 6.01. The summed E-state index contributed by atoms with van der Waals surface area (Å²) >= 11 is 5.86. The van der Waals surface area contributed by atoms with Crippen LogP contribution in [0.5, 0.6) is 0 Å². The lowest BCUT2D eigenvalue weighted by Gasteiger charge is -2.17. The highest BCUT2D eigenvalue weighted by Gasteiger charge is 2.21. The molecule has 0 aliphatic heterocycles. The first-order chi connectivity index (χ1) is 13.6. The predicted molar refractivity (Wildman–Crippen MR) is 115 cm³/mol. The third kappa shape index (κ3) is 7.46. The number of hydrogen-bond acceptors (Lipinski definition) is 3. The van der Waals surface area contributed by atoms with Gasteiger partial charge in [0.2, 0.25) is 5.91 Å². The standard InChI is InChI=1S/C21H25ClN4O3/c1-21(2,3)19(28)25-16-9-7-14(8-10-16)18(27)23-11-12-24-20(29)26-17-6-4-5-15(22)13-17/h4-10,13H,11-12H2,1-3H3,(H,23,27)(H,25,28)(H2,24,26,29). The molecular weight excluding hydrogens is 392 g/mol. The van der Waals surface area contributed by atoms with Gasteiger partial charge in [-0.3, -0.25) is 9.59 Å². The minimum atomic E-state index is -0.498. The van der Waals surface area contributed by atoms with Crippen LogP contribution < -0.4 is 21.3 Å². The third-order valence-corrected chi connectivity index (χ3v) is 4.10. The molecule has 0 aliphatic rings. The van der Waals surface area contributed by atoms with Crippen LogP contribution in [0.25, 0.3) is 0 Å². The summed E-state index contributed by atoms with van der Waals surface area (Å²) in [5.41, 5.74) is 1.17. The van der Waals surface area contributed by atoms with Crippen molar-refractivity contribution in [3.8, 4) is 0 Å². The minimum Gasteiger partial charge on any atom is -0.350 e. The van der Waals surface area contributed by atoms with Gasteiger partial charge in [0.25, 0.3) is 5.91 Å². The fourth-order valence-electron chi connectivity index (χ4n) is 2.22. The topological polar surface area (TPSA) is 99.3 Å². The highest BCUT2D eigenvalue weighted by atomic mass is 35.5. The number of anilines is 2. The Bertz CT molecular complexity index is 876. The number of benzene rings is 2. The first-order valence-electron chi connectivity index (χ1n) is 9.15. The first kappa shape index (κ1) is 22.2. The Hall–Kier alpha value is -3.06. The zero-order valence-corrected chi connectivity index (χ0v) is 17.4. The lowest BCUT2D eigenvalue weighted by atomic mass is 9.95. The van der Waals surface area contributed by atoms with Crippen LogP contribution in [0.2, 0.25) is 5.02 Å². The number of urea groups is 1. The molecule has 29 heavy (non-hydrogen) atoms. The van der Waals surface area contributed by atoms with E-state index in [0.717, 1.165) is 0 Å². The minimum absolute atomic E-state index is 0.100. The number of halogens is 1. The van der Waals surface area contributed by atoms with Crippen molar-refractivity contribution in [2.24, 2.45) is 5.41 Å². The van der Waals surface area contributed by atoms with Gasteiger partial charge in [0.1, 0.15) is 0 Å². The van der Waals surface area contributed by atoms with Gasteiger partial charge in [0, 0.05) is 40.5 Å². The summed E-state index contributed by atoms with van der Waals surface area (Å²) in [4.78, 5) is 36.0. The smallest absolute Gasteiger partial charge is 0.319 e. The SMILES string of the molecule is CC(C)(C)C(=O)Nc1ccc(C(=O)NCCNC(=O)Nc2cccc(Cl)c2)cc1. The van der Waals surface area contributed by atoms with E-state index in [1.807, 2.05) is 20.8 Å². The normalized spacial score (nSPS) is 10.8. The first-order valence-corrected chi connectivity index (χ1v) is 9.53. The van der Waals surface area contributed by atoms with Crippen molar-refractivity contribution in [3.05, 3.63) is 59.1 Å². The van der Waals surface area contributed by atoms with Crippen molar-refractivity contribution in [3.63, 3.8) is 0 Å². The fourth-order valence-corrected chi connectivity index (χ4v) is 2.41. The van der Waals surface area contributed by atoms with Gasteiger partial charge in [-0.2, -0.15) is 0 Å². The molecule has 0 saturated heterocycles. The summed E-state index contributed by atoms with van der Waals surface area (Å²) in [6, 6.07) is 13.0. The molecule has 0 unspecified atom stereocenters. The maximum atomic E-state index is 12.2. The summed E-state index contributed by atoms with van der Waals surface area (Å²) in [7, 11) is 0. The van der Waals surface area contributed by atoms with E-state index in [1.54, 1.807) is 48.5 Å². The van der Waals surface area contributed by atoms with Crippen LogP contribution in [0, 0.1) is 5.41 Å². The van der Waals surface area contributed by atoms with E-state index in [2.05, 4.69) is 21.3 Å². The van der Waals surface area contributed by atoms with Gasteiger partial charge >= 0.3 is 6.03 Å². The molecular formula is C21H25ClN4O3. The Kier molecular flexibility index (Phi) is 7.61. The lowest BCUT2D eigenvalue weighted by Crippen LogP contribution is -2.36. The Labute approximate surface area is 175 Å². The van der Waals surface area contributed by atoms with Crippen molar-refractivity contribution in [1.29, 1.82) is 0 Å². The Balaban J connectivity index is 1.73. The quantitative estimate of drug-likeness (QED) is 0.538. The van der Waals surface area contributed by atoms with Crippen LogP contribution in [-0.2, 0) is 4.79 Å². The number of amides is 4. The second kappa shape index (κ2) is 9.93. The van der Waals surface area contributed by atoms with Crippen molar-refractivity contribution < 1.29 is 14.4 Å². The van der Waals surface area contributed by atoms with Crippen LogP contribution in [0.3, 0.4) is 0 Å². The maximum absolute atomic E-state index is 12.2. The summed E-state index contributed by atoms with van der Waals surface area (Å²) in [6.07, 6.45) is 0. The average Bonchev–Trinajstić information content (AvgIpc) is 2.65. The van der Waals surface area contributed by atoms with Gasteiger partial charge in [0.15, 0.2) is 0 Å². The van der Waals surface area contributed by atoms with Crippen LogP contribution in [0.15, 0.2) is 48.5 Å². The molecule has 0 aromatic heterocycles. The van der Waals surface area contributed by atoms with E-state index < -0.39 is 5.41 Å². The number of carbonyl (C=O) groups excluding carboxylic acids is 3. The van der Waals surface area contributed by atoms with Gasteiger partial charge in [0.05, 0.1) is 0 Å². The van der Waals surface area contributed by atoms with E-state index in [9.17, 15) is 14.4 Å². The van der Waals surface area contributed by atoms with E-state index >= 15 is 0 Å². The zero-order valence-electron chi connectivity index (χ0n) is 16.6. The fraction of sp³-hybridized carbons (Fsp3) is 0.286. The molecule has 2 rings (SSSR count). The van der Waals surface area contributed by atoms with E-state index in [0.29, 0.717) is 22.0 Å². The number of rotatable bonds is 6. The summed E-state index contributed by atoms with van der Waals surface area (Å²) < 4.78 is 0. The van der Waals surface area contributed by atoms with Crippen molar-refractivity contribution in [1.82, 2.24) is 10.6 Å². The van der Waals surface area contributed by atoms with E-state index in [4.69, 9.17) is 11.6 Å². The second-order valence-electron chi connectivity index (χ2n) is 7.43. The van der Waals surface area contributed by atoms with Crippen molar-refractivity contribution in [2.45, 2.75) is 20.8 Å². The zero-order chi connectivity index (χ0) is 21.4. The molecule has 0 atom stereocenters.